The molecular weight excluding hydrogens is 272 g/mol. The summed E-state index contributed by atoms with van der Waals surface area (Å²) in [5, 5.41) is 4.29. The first kappa shape index (κ1) is 16.5. The van der Waals surface area contributed by atoms with Crippen molar-refractivity contribution in [2.75, 3.05) is 0 Å². The Labute approximate surface area is 121 Å². The molecule has 0 amide bonds. The quantitative estimate of drug-likeness (QED) is 0.546. The third kappa shape index (κ3) is 2.80. The van der Waals surface area contributed by atoms with Crippen LogP contribution in [0.4, 0.5) is 0 Å². The van der Waals surface area contributed by atoms with Gasteiger partial charge in [0.05, 0.1) is 0 Å². The van der Waals surface area contributed by atoms with E-state index in [-0.39, 0.29) is 11.4 Å². The molecule has 0 saturated carbocycles. The van der Waals surface area contributed by atoms with Crippen molar-refractivity contribution < 1.29 is 25.1 Å². The molecule has 3 heteroatoms. The molecule has 0 aliphatic heterocycles. The second kappa shape index (κ2) is 5.07. The molecule has 0 heterocycles. The minimum atomic E-state index is -2.82. The molecule has 0 aromatic rings. The Kier molecular flexibility index (Phi) is 4.39. The van der Waals surface area contributed by atoms with Crippen molar-refractivity contribution in [2.24, 2.45) is 5.41 Å². The van der Waals surface area contributed by atoms with Crippen LogP contribution in [0, 0.1) is 5.41 Å². The Morgan fingerprint density at radius 2 is 1.63 bits per heavy atom. The molecule has 0 saturated heterocycles. The van der Waals surface area contributed by atoms with Crippen molar-refractivity contribution in [3.05, 3.63) is 32.7 Å². The van der Waals surface area contributed by atoms with Crippen LogP contribution in [-0.2, 0) is 25.1 Å². The minimum absolute atomic E-state index is 0.00697. The van der Waals surface area contributed by atoms with Crippen molar-refractivity contribution in [3.63, 3.8) is 0 Å². The van der Waals surface area contributed by atoms with Gasteiger partial charge in [0.25, 0.3) is 0 Å². The van der Waals surface area contributed by atoms with Crippen molar-refractivity contribution in [3.8, 4) is 0 Å². The van der Waals surface area contributed by atoms with Crippen LogP contribution in [0.15, 0.2) is 32.7 Å². The molecule has 0 radical (unpaired) electrons. The van der Waals surface area contributed by atoms with E-state index in [1.165, 1.54) is 20.6 Å². The molecule has 0 fully saturated rings. The summed E-state index contributed by atoms with van der Waals surface area (Å²) in [4.78, 5) is 11.9. The van der Waals surface area contributed by atoms with Crippen LogP contribution in [0.25, 0.3) is 0 Å². The van der Waals surface area contributed by atoms with Crippen molar-refractivity contribution >= 4 is 5.97 Å². The summed E-state index contributed by atoms with van der Waals surface area (Å²) in [5.74, 6) is -0.247. The van der Waals surface area contributed by atoms with Crippen LogP contribution >= 0.6 is 0 Å². The topological polar surface area (TPSA) is 26.3 Å². The predicted octanol–water partition coefficient (Wildman–Crippen LogP) is 4.92. The average molecular weight is 298 g/mol. The number of carbonyl (C=O) groups is 1. The van der Waals surface area contributed by atoms with Crippen LogP contribution in [0.5, 0.6) is 0 Å². The van der Waals surface area contributed by atoms with E-state index in [0.717, 1.165) is 0 Å². The van der Waals surface area contributed by atoms with E-state index in [4.69, 9.17) is 3.32 Å². The van der Waals surface area contributed by atoms with E-state index >= 15 is 0 Å². The van der Waals surface area contributed by atoms with Gasteiger partial charge in [0.1, 0.15) is 0 Å². The van der Waals surface area contributed by atoms with E-state index in [1.54, 1.807) is 6.92 Å². The molecule has 0 bridgehead atoms. The molecule has 1 aliphatic carbocycles. The summed E-state index contributed by atoms with van der Waals surface area (Å²) < 4.78 is 7.22. The van der Waals surface area contributed by atoms with Crippen molar-refractivity contribution in [1.82, 2.24) is 0 Å². The first-order valence-electron chi connectivity index (χ1n) is 6.72. The Balaban J connectivity index is 3.24. The third-order valence-corrected chi connectivity index (χ3v) is 8.89. The maximum absolute atomic E-state index is 11.9. The van der Waals surface area contributed by atoms with Crippen LogP contribution in [0.2, 0.25) is 10.5 Å². The summed E-state index contributed by atoms with van der Waals surface area (Å²) in [6, 6.07) is 0. The van der Waals surface area contributed by atoms with Gasteiger partial charge in [-0.2, -0.15) is 0 Å². The van der Waals surface area contributed by atoms with Crippen molar-refractivity contribution in [1.29, 1.82) is 0 Å². The molecular formula is C16H26O2Ti. The van der Waals surface area contributed by atoms with E-state index in [2.05, 4.69) is 51.7 Å². The molecule has 1 rings (SSSR count). The third-order valence-electron chi connectivity index (χ3n) is 4.36. The monoisotopic (exact) mass is 298 g/mol. The first-order valence-corrected chi connectivity index (χ1v) is 11.3. The van der Waals surface area contributed by atoms with E-state index in [9.17, 15) is 4.79 Å². The zero-order chi connectivity index (χ0) is 15.2. The fraction of sp³-hybridized carbons (Fsp3) is 0.562. The number of rotatable bonds is 3. The Hall–Kier alpha value is -0.596. The Morgan fingerprint density at radius 3 is 1.95 bits per heavy atom. The number of hydrogen-bond donors (Lipinski definition) is 0. The van der Waals surface area contributed by atoms with Gasteiger partial charge >= 0.3 is 121 Å². The molecule has 0 spiro atoms. The van der Waals surface area contributed by atoms with Gasteiger partial charge in [0, 0.05) is 0 Å². The van der Waals surface area contributed by atoms with Gasteiger partial charge in [-0.05, 0) is 0 Å². The molecule has 106 valence electrons. The molecule has 0 atom stereocenters. The van der Waals surface area contributed by atoms with E-state index in [0.29, 0.717) is 5.57 Å². The van der Waals surface area contributed by atoms with Gasteiger partial charge in [-0.1, -0.05) is 0 Å². The predicted molar refractivity (Wildman–Crippen MR) is 77.5 cm³/mol. The van der Waals surface area contributed by atoms with Gasteiger partial charge in [-0.15, -0.1) is 0 Å². The average Bonchev–Trinajstić information content (AvgIpc) is 2.39. The summed E-state index contributed by atoms with van der Waals surface area (Å²) in [7, 11) is 0. The van der Waals surface area contributed by atoms with Crippen molar-refractivity contribution in [2.45, 2.75) is 52.0 Å². The van der Waals surface area contributed by atoms with Gasteiger partial charge in [0.2, 0.25) is 0 Å². The zero-order valence-corrected chi connectivity index (χ0v) is 15.1. The molecule has 0 aromatic carbocycles. The summed E-state index contributed by atoms with van der Waals surface area (Å²) in [6.07, 6.45) is 0. The van der Waals surface area contributed by atoms with Gasteiger partial charge in [-0.3, -0.25) is 0 Å². The molecule has 0 unspecified atom stereocenters. The van der Waals surface area contributed by atoms with E-state index < -0.39 is 17.0 Å². The molecule has 2 nitrogen and oxygen atoms in total. The second-order valence-electron chi connectivity index (χ2n) is 6.56. The van der Waals surface area contributed by atoms with Gasteiger partial charge < -0.3 is 0 Å². The molecule has 0 N–H and O–H groups in total. The maximum atomic E-state index is 11.9. The standard InChI is InChI=1S/C10H15.C4H6O2.2CH3.Ti/c1-7-6-10(4,5)9(3)8(7)2;1-3(2)4(5)6;;;/h1-5H3;1H2,2H3,(H,5,6);2*1H3;/q;;;;+1/p-1. The Morgan fingerprint density at radius 1 is 1.16 bits per heavy atom. The van der Waals surface area contributed by atoms with Gasteiger partial charge in [-0.25, -0.2) is 0 Å². The summed E-state index contributed by atoms with van der Waals surface area (Å²) in [5.41, 5.74) is 4.55. The first-order chi connectivity index (χ1) is 8.43. The van der Waals surface area contributed by atoms with Crippen LogP contribution in [0.3, 0.4) is 0 Å². The fourth-order valence-electron chi connectivity index (χ4n) is 3.17. The number of hydrogen-bond acceptors (Lipinski definition) is 2. The van der Waals surface area contributed by atoms with Gasteiger partial charge in [0.15, 0.2) is 0 Å². The molecule has 0 aromatic heterocycles. The van der Waals surface area contributed by atoms with Crippen LogP contribution < -0.4 is 0 Å². The Bertz CT molecular complexity index is 505. The zero-order valence-electron chi connectivity index (χ0n) is 13.5. The summed E-state index contributed by atoms with van der Waals surface area (Å²) in [6.45, 7) is 16.4. The normalized spacial score (nSPS) is 18.9. The van der Waals surface area contributed by atoms with Crippen LogP contribution in [0.1, 0.15) is 41.5 Å². The summed E-state index contributed by atoms with van der Waals surface area (Å²) >= 11 is -2.82. The molecule has 1 aliphatic rings. The number of carbonyl (C=O) groups excluding carboxylic acids is 1. The second-order valence-corrected chi connectivity index (χ2v) is 12.4. The number of allylic oxidation sites excluding steroid dienone is 4. The fourth-order valence-corrected chi connectivity index (χ4v) is 8.67. The molecule has 19 heavy (non-hydrogen) atoms. The SMILES string of the molecule is C=C(C)C(=O)[O][Ti]([CH3])([CH3])[C]1=C(C)C(C)=C(C)C1(C)C. The van der Waals surface area contributed by atoms with Crippen LogP contribution in [-0.4, -0.2) is 5.97 Å². The van der Waals surface area contributed by atoms with E-state index in [1.807, 2.05) is 0 Å².